The second kappa shape index (κ2) is 7.68. The monoisotopic (exact) mass is 420 g/mol. The van der Waals surface area contributed by atoms with Crippen molar-refractivity contribution in [2.45, 2.75) is 31.7 Å². The van der Waals surface area contributed by atoms with Crippen LogP contribution in [0.25, 0.3) is 0 Å². The van der Waals surface area contributed by atoms with Gasteiger partial charge in [-0.3, -0.25) is 10.3 Å². The highest BCUT2D eigenvalue weighted by Crippen LogP contribution is 2.33. The molecule has 2 aromatic rings. The maximum absolute atomic E-state index is 14.4. The molecule has 1 aromatic carbocycles. The van der Waals surface area contributed by atoms with E-state index in [-0.39, 0.29) is 17.7 Å². The summed E-state index contributed by atoms with van der Waals surface area (Å²) in [6, 6.07) is 0.856. The van der Waals surface area contributed by atoms with Gasteiger partial charge in [0, 0.05) is 30.4 Å². The van der Waals surface area contributed by atoms with E-state index in [4.69, 9.17) is 10.5 Å². The number of benzene rings is 1. The lowest BCUT2D eigenvalue weighted by molar-refractivity contribution is -0.141. The highest BCUT2D eigenvalue weighted by atomic mass is 19.4. The molecule has 12 heteroatoms. The normalized spacial score (nSPS) is 13.9. The number of amides is 1. The summed E-state index contributed by atoms with van der Waals surface area (Å²) in [5.74, 6) is -3.46. The number of pyridine rings is 1. The van der Waals surface area contributed by atoms with Crippen LogP contribution in [-0.2, 0) is 17.5 Å². The van der Waals surface area contributed by atoms with Gasteiger partial charge in [-0.05, 0) is 12.8 Å². The summed E-state index contributed by atoms with van der Waals surface area (Å²) in [6.07, 6.45) is -4.09. The smallest absolute Gasteiger partial charge is 0.433 e. The van der Waals surface area contributed by atoms with Crippen molar-refractivity contribution in [2.75, 3.05) is 16.4 Å². The lowest BCUT2D eigenvalue weighted by atomic mass is 10.2. The summed E-state index contributed by atoms with van der Waals surface area (Å²) in [5, 5.41) is 4.35. The quantitative estimate of drug-likeness (QED) is 0.492. The van der Waals surface area contributed by atoms with E-state index in [0.29, 0.717) is 25.1 Å². The van der Waals surface area contributed by atoms with Gasteiger partial charge in [0.05, 0.1) is 11.4 Å². The number of nitrogens with one attached hydrogen (secondary N) is 2. The zero-order valence-corrected chi connectivity index (χ0v) is 14.5. The first kappa shape index (κ1) is 20.6. The Bertz CT molecular complexity index is 946. The van der Waals surface area contributed by atoms with E-state index in [1.54, 1.807) is 0 Å². The largest absolute Gasteiger partial charge is 0.446 e. The first-order chi connectivity index (χ1) is 13.6. The number of carbonyl (C=O) groups excluding carboxylic acids is 1. The van der Waals surface area contributed by atoms with Crippen LogP contribution in [0, 0.1) is 17.5 Å². The maximum Gasteiger partial charge on any atom is 0.433 e. The number of hydrogen-bond donors (Lipinski definition) is 3. The van der Waals surface area contributed by atoms with Crippen molar-refractivity contribution in [3.8, 4) is 0 Å². The number of anilines is 3. The molecule has 4 N–H and O–H groups in total. The Morgan fingerprint density at radius 3 is 2.48 bits per heavy atom. The van der Waals surface area contributed by atoms with E-state index < -0.39 is 59.0 Å². The fraction of sp³-hybridized carbons (Fsp3) is 0.294. The van der Waals surface area contributed by atoms with Crippen LogP contribution >= 0.6 is 0 Å². The van der Waals surface area contributed by atoms with E-state index in [1.165, 1.54) is 0 Å². The third-order valence-electron chi connectivity index (χ3n) is 3.97. The van der Waals surface area contributed by atoms with Gasteiger partial charge in [-0.25, -0.2) is 18.0 Å². The van der Waals surface area contributed by atoms with Crippen LogP contribution in [0.15, 0.2) is 18.3 Å². The Labute approximate surface area is 160 Å². The molecule has 0 atom stereocenters. The molecule has 0 aliphatic heterocycles. The van der Waals surface area contributed by atoms with Gasteiger partial charge in [-0.1, -0.05) is 0 Å². The molecule has 0 saturated heterocycles. The van der Waals surface area contributed by atoms with Crippen molar-refractivity contribution in [3.63, 3.8) is 0 Å². The number of halogens is 6. The number of rotatable bonds is 5. The maximum atomic E-state index is 14.4. The molecule has 1 aromatic heterocycles. The third kappa shape index (κ3) is 4.81. The lowest BCUT2D eigenvalue weighted by Crippen LogP contribution is -2.18. The molecule has 156 valence electrons. The minimum atomic E-state index is -4.82. The molecule has 1 saturated carbocycles. The van der Waals surface area contributed by atoms with E-state index in [2.05, 4.69) is 10.3 Å². The minimum Gasteiger partial charge on any atom is -0.446 e. The van der Waals surface area contributed by atoms with Crippen LogP contribution in [0.3, 0.4) is 0 Å². The molecule has 1 aliphatic rings. The summed E-state index contributed by atoms with van der Waals surface area (Å²) >= 11 is 0. The summed E-state index contributed by atoms with van der Waals surface area (Å²) in [7, 11) is 0. The number of carbonyl (C=O) groups is 1. The van der Waals surface area contributed by atoms with Gasteiger partial charge < -0.3 is 15.8 Å². The molecular weight excluding hydrogens is 406 g/mol. The van der Waals surface area contributed by atoms with Crippen LogP contribution in [0.2, 0.25) is 0 Å². The Kier molecular flexibility index (Phi) is 5.44. The van der Waals surface area contributed by atoms with E-state index in [0.717, 1.165) is 0 Å². The SMILES string of the molecule is Nc1c(F)c(NCc2cnc(C(F)(F)F)cc2F)cc(F)c1NC(=O)OC1CC1. The Morgan fingerprint density at radius 2 is 1.90 bits per heavy atom. The molecule has 1 heterocycles. The highest BCUT2D eigenvalue weighted by Gasteiger charge is 2.33. The molecule has 0 bridgehead atoms. The summed E-state index contributed by atoms with van der Waals surface area (Å²) in [5.41, 5.74) is 1.93. The molecule has 0 spiro atoms. The number of hydrogen-bond acceptors (Lipinski definition) is 5. The molecular formula is C17H14F6N4O2. The average molecular weight is 420 g/mol. The van der Waals surface area contributed by atoms with Crippen molar-refractivity contribution in [2.24, 2.45) is 0 Å². The number of alkyl halides is 3. The topological polar surface area (TPSA) is 89.3 Å². The Morgan fingerprint density at radius 1 is 1.21 bits per heavy atom. The number of ether oxygens (including phenoxy) is 1. The van der Waals surface area contributed by atoms with Crippen molar-refractivity contribution < 1.29 is 35.9 Å². The van der Waals surface area contributed by atoms with Crippen LogP contribution in [-0.4, -0.2) is 17.2 Å². The first-order valence-electron chi connectivity index (χ1n) is 8.27. The molecule has 1 amide bonds. The van der Waals surface area contributed by atoms with Gasteiger partial charge in [0.1, 0.15) is 23.3 Å². The summed E-state index contributed by atoms with van der Waals surface area (Å²) in [6.45, 7) is -0.497. The standard InChI is InChI=1S/C17H14F6N4O2/c18-9-4-12(17(21,22)23)26-6-7(9)5-25-11-3-10(19)15(14(24)13(11)20)27-16(28)29-8-1-2-8/h3-4,6,8,25H,1-2,5,24H2,(H,27,28). The molecule has 3 rings (SSSR count). The van der Waals surface area contributed by atoms with Gasteiger partial charge in [0.2, 0.25) is 0 Å². The van der Waals surface area contributed by atoms with Crippen LogP contribution in [0.1, 0.15) is 24.1 Å². The van der Waals surface area contributed by atoms with Crippen molar-refractivity contribution in [1.29, 1.82) is 0 Å². The highest BCUT2D eigenvalue weighted by molar-refractivity contribution is 5.90. The molecule has 1 fully saturated rings. The summed E-state index contributed by atoms with van der Waals surface area (Å²) in [4.78, 5) is 14.7. The molecule has 0 radical (unpaired) electrons. The van der Waals surface area contributed by atoms with Crippen molar-refractivity contribution in [3.05, 3.63) is 47.0 Å². The predicted octanol–water partition coefficient (Wildman–Crippen LogP) is 4.42. The number of nitrogens with zero attached hydrogens (tertiary/aromatic N) is 1. The van der Waals surface area contributed by atoms with Gasteiger partial charge >= 0.3 is 12.3 Å². The van der Waals surface area contributed by atoms with Gasteiger partial charge in [0.15, 0.2) is 11.6 Å². The molecule has 0 unspecified atom stereocenters. The fourth-order valence-electron chi connectivity index (χ4n) is 2.30. The van der Waals surface area contributed by atoms with Crippen molar-refractivity contribution in [1.82, 2.24) is 4.98 Å². The zero-order chi connectivity index (χ0) is 21.3. The third-order valence-corrected chi connectivity index (χ3v) is 3.97. The number of aromatic nitrogens is 1. The van der Waals surface area contributed by atoms with Crippen molar-refractivity contribution >= 4 is 23.2 Å². The molecule has 1 aliphatic carbocycles. The second-order valence-electron chi connectivity index (χ2n) is 6.25. The second-order valence-corrected chi connectivity index (χ2v) is 6.25. The van der Waals surface area contributed by atoms with Gasteiger partial charge in [-0.2, -0.15) is 13.2 Å². The summed E-state index contributed by atoms with van der Waals surface area (Å²) < 4.78 is 84.8. The van der Waals surface area contributed by atoms with Crippen LogP contribution in [0.4, 0.5) is 48.2 Å². The average Bonchev–Trinajstić information content (AvgIpc) is 3.44. The predicted molar refractivity (Wildman–Crippen MR) is 90.4 cm³/mol. The van der Waals surface area contributed by atoms with Gasteiger partial charge in [-0.15, -0.1) is 0 Å². The van der Waals surface area contributed by atoms with Crippen LogP contribution < -0.4 is 16.4 Å². The Hall–Kier alpha value is -3.18. The molecule has 6 nitrogen and oxygen atoms in total. The zero-order valence-electron chi connectivity index (χ0n) is 14.5. The van der Waals surface area contributed by atoms with E-state index in [9.17, 15) is 31.1 Å². The van der Waals surface area contributed by atoms with E-state index >= 15 is 0 Å². The Balaban J connectivity index is 1.73. The number of nitrogens with two attached hydrogens (primary N) is 1. The van der Waals surface area contributed by atoms with Crippen LogP contribution in [0.5, 0.6) is 0 Å². The molecule has 29 heavy (non-hydrogen) atoms. The van der Waals surface area contributed by atoms with Gasteiger partial charge in [0.25, 0.3) is 0 Å². The van der Waals surface area contributed by atoms with E-state index in [1.807, 2.05) is 5.32 Å². The first-order valence-corrected chi connectivity index (χ1v) is 8.27. The number of nitrogen functional groups attached to an aromatic ring is 1. The lowest BCUT2D eigenvalue weighted by Gasteiger charge is -2.15. The fourth-order valence-corrected chi connectivity index (χ4v) is 2.30. The minimum absolute atomic E-state index is 0.195.